The molecule has 0 saturated carbocycles. The first-order valence-electron chi connectivity index (χ1n) is 6.92. The Hall–Kier alpha value is -2.45. The van der Waals surface area contributed by atoms with Gasteiger partial charge < -0.3 is 0 Å². The van der Waals surface area contributed by atoms with E-state index < -0.39 is 0 Å². The van der Waals surface area contributed by atoms with E-state index in [0.717, 1.165) is 5.52 Å². The third kappa shape index (κ3) is 2.24. The maximum atomic E-state index is 4.57. The van der Waals surface area contributed by atoms with E-state index in [4.69, 9.17) is 0 Å². The SMILES string of the molecule is c1ccc(-c2ccc3nsc(-c4ccccc4)c3c2)cc1. The summed E-state index contributed by atoms with van der Waals surface area (Å²) in [4.78, 5) is 1.24. The Labute approximate surface area is 127 Å². The van der Waals surface area contributed by atoms with Crippen LogP contribution >= 0.6 is 11.5 Å². The quantitative estimate of drug-likeness (QED) is 0.465. The van der Waals surface area contributed by atoms with Crippen molar-refractivity contribution in [2.75, 3.05) is 0 Å². The lowest BCUT2D eigenvalue weighted by molar-refractivity contribution is 1.62. The summed E-state index contributed by atoms with van der Waals surface area (Å²) in [7, 11) is 0. The molecule has 0 atom stereocenters. The predicted molar refractivity (Wildman–Crippen MR) is 90.5 cm³/mol. The molecule has 0 fully saturated rings. The van der Waals surface area contributed by atoms with E-state index in [1.54, 1.807) is 11.5 Å². The average molecular weight is 287 g/mol. The van der Waals surface area contributed by atoms with Crippen LogP contribution in [0.2, 0.25) is 0 Å². The van der Waals surface area contributed by atoms with E-state index in [-0.39, 0.29) is 0 Å². The molecule has 3 aromatic carbocycles. The van der Waals surface area contributed by atoms with Crippen molar-refractivity contribution in [2.24, 2.45) is 0 Å². The molecule has 0 aliphatic rings. The summed E-state index contributed by atoms with van der Waals surface area (Å²) in [6.07, 6.45) is 0. The molecule has 0 radical (unpaired) electrons. The van der Waals surface area contributed by atoms with Gasteiger partial charge in [0.05, 0.1) is 10.4 Å². The number of fused-ring (bicyclic) bond motifs is 1. The second-order valence-electron chi connectivity index (χ2n) is 4.98. The number of hydrogen-bond acceptors (Lipinski definition) is 2. The Bertz CT molecular complexity index is 879. The monoisotopic (exact) mass is 287 g/mol. The Morgan fingerprint density at radius 3 is 2.00 bits per heavy atom. The molecule has 0 aliphatic carbocycles. The highest BCUT2D eigenvalue weighted by Crippen LogP contribution is 2.34. The molecule has 0 unspecified atom stereocenters. The Kier molecular flexibility index (Phi) is 3.02. The number of benzene rings is 3. The minimum atomic E-state index is 1.07. The molecule has 0 spiro atoms. The van der Waals surface area contributed by atoms with Crippen LogP contribution in [0, 0.1) is 0 Å². The molecule has 0 N–H and O–H groups in total. The summed E-state index contributed by atoms with van der Waals surface area (Å²) < 4.78 is 4.57. The molecule has 21 heavy (non-hydrogen) atoms. The van der Waals surface area contributed by atoms with Gasteiger partial charge in [0.1, 0.15) is 0 Å². The van der Waals surface area contributed by atoms with Crippen LogP contribution in [-0.2, 0) is 0 Å². The highest BCUT2D eigenvalue weighted by atomic mass is 32.1. The van der Waals surface area contributed by atoms with E-state index in [2.05, 4.69) is 71.1 Å². The summed E-state index contributed by atoms with van der Waals surface area (Å²) in [5.74, 6) is 0. The minimum Gasteiger partial charge on any atom is -0.192 e. The average Bonchev–Trinajstić information content (AvgIpc) is 2.99. The Balaban J connectivity index is 1.91. The van der Waals surface area contributed by atoms with Crippen LogP contribution in [0.15, 0.2) is 78.9 Å². The molecule has 0 aliphatic heterocycles. The van der Waals surface area contributed by atoms with Crippen molar-refractivity contribution in [1.82, 2.24) is 4.37 Å². The van der Waals surface area contributed by atoms with Gasteiger partial charge in [-0.05, 0) is 40.4 Å². The van der Waals surface area contributed by atoms with Crippen LogP contribution in [0.5, 0.6) is 0 Å². The first-order valence-corrected chi connectivity index (χ1v) is 7.69. The summed E-state index contributed by atoms with van der Waals surface area (Å²) in [5.41, 5.74) is 4.78. The molecule has 4 rings (SSSR count). The van der Waals surface area contributed by atoms with Crippen molar-refractivity contribution < 1.29 is 0 Å². The van der Waals surface area contributed by atoms with Crippen molar-refractivity contribution >= 4 is 22.4 Å². The zero-order valence-electron chi connectivity index (χ0n) is 11.4. The fourth-order valence-electron chi connectivity index (χ4n) is 2.55. The van der Waals surface area contributed by atoms with Gasteiger partial charge in [0.2, 0.25) is 0 Å². The van der Waals surface area contributed by atoms with Gasteiger partial charge in [0.15, 0.2) is 0 Å². The number of rotatable bonds is 2. The molecule has 0 amide bonds. The third-order valence-corrected chi connectivity index (χ3v) is 4.55. The second kappa shape index (κ2) is 5.15. The van der Waals surface area contributed by atoms with Gasteiger partial charge in [-0.3, -0.25) is 0 Å². The van der Waals surface area contributed by atoms with E-state index in [0.29, 0.717) is 0 Å². The lowest BCUT2D eigenvalue weighted by atomic mass is 10.0. The summed E-state index contributed by atoms with van der Waals surface area (Å²) >= 11 is 1.57. The summed E-state index contributed by atoms with van der Waals surface area (Å²) in [6.45, 7) is 0. The highest BCUT2D eigenvalue weighted by Gasteiger charge is 2.09. The van der Waals surface area contributed by atoms with Crippen LogP contribution < -0.4 is 0 Å². The highest BCUT2D eigenvalue weighted by molar-refractivity contribution is 7.11. The first kappa shape index (κ1) is 12.3. The molecule has 1 heterocycles. The third-order valence-electron chi connectivity index (χ3n) is 3.62. The lowest BCUT2D eigenvalue weighted by Crippen LogP contribution is -1.78. The Morgan fingerprint density at radius 2 is 1.29 bits per heavy atom. The molecule has 1 aromatic heterocycles. The maximum absolute atomic E-state index is 4.57. The van der Waals surface area contributed by atoms with Gasteiger partial charge in [-0.2, -0.15) is 4.37 Å². The van der Waals surface area contributed by atoms with E-state index >= 15 is 0 Å². The van der Waals surface area contributed by atoms with Gasteiger partial charge in [-0.15, -0.1) is 0 Å². The van der Waals surface area contributed by atoms with Crippen molar-refractivity contribution in [3.05, 3.63) is 78.9 Å². The van der Waals surface area contributed by atoms with Gasteiger partial charge >= 0.3 is 0 Å². The van der Waals surface area contributed by atoms with Gasteiger partial charge in [-0.25, -0.2) is 0 Å². The predicted octanol–water partition coefficient (Wildman–Crippen LogP) is 5.63. The molecule has 4 aromatic rings. The van der Waals surface area contributed by atoms with E-state index in [9.17, 15) is 0 Å². The standard InChI is InChI=1S/C19H13NS/c1-3-7-14(8-4-1)16-11-12-18-17(13-16)19(21-20-18)15-9-5-2-6-10-15/h1-13H. The molecule has 100 valence electrons. The fraction of sp³-hybridized carbons (Fsp3) is 0. The topological polar surface area (TPSA) is 12.9 Å². The minimum absolute atomic E-state index is 1.07. The van der Waals surface area contributed by atoms with Crippen molar-refractivity contribution in [1.29, 1.82) is 0 Å². The van der Waals surface area contributed by atoms with E-state index in [1.165, 1.54) is 27.0 Å². The number of hydrogen-bond donors (Lipinski definition) is 0. The van der Waals surface area contributed by atoms with Crippen LogP contribution in [0.4, 0.5) is 0 Å². The van der Waals surface area contributed by atoms with Crippen LogP contribution in [0.1, 0.15) is 0 Å². The first-order chi connectivity index (χ1) is 10.4. The summed E-state index contributed by atoms with van der Waals surface area (Å²) in [5, 5.41) is 1.23. The molecule has 0 bridgehead atoms. The normalized spacial score (nSPS) is 10.9. The number of aromatic nitrogens is 1. The molecular formula is C19H13NS. The van der Waals surface area contributed by atoms with Gasteiger partial charge in [0.25, 0.3) is 0 Å². The molecule has 0 saturated heterocycles. The zero-order chi connectivity index (χ0) is 14.1. The largest absolute Gasteiger partial charge is 0.192 e. The second-order valence-corrected chi connectivity index (χ2v) is 5.75. The summed E-state index contributed by atoms with van der Waals surface area (Å²) in [6, 6.07) is 27.4. The molecule has 1 nitrogen and oxygen atoms in total. The van der Waals surface area contributed by atoms with Crippen molar-refractivity contribution in [3.63, 3.8) is 0 Å². The Morgan fingerprint density at radius 1 is 0.619 bits per heavy atom. The van der Waals surface area contributed by atoms with Crippen molar-refractivity contribution in [2.45, 2.75) is 0 Å². The molecular weight excluding hydrogens is 274 g/mol. The smallest absolute Gasteiger partial charge is 0.0847 e. The van der Waals surface area contributed by atoms with Gasteiger partial charge in [0, 0.05) is 5.39 Å². The fourth-order valence-corrected chi connectivity index (χ4v) is 3.40. The van der Waals surface area contributed by atoms with Gasteiger partial charge in [-0.1, -0.05) is 66.7 Å². The molecule has 2 heteroatoms. The van der Waals surface area contributed by atoms with E-state index in [1.807, 2.05) is 12.1 Å². The maximum Gasteiger partial charge on any atom is 0.0847 e. The van der Waals surface area contributed by atoms with Crippen LogP contribution in [0.25, 0.3) is 32.5 Å². The van der Waals surface area contributed by atoms with Crippen molar-refractivity contribution in [3.8, 4) is 21.6 Å². The number of nitrogens with zero attached hydrogens (tertiary/aromatic N) is 1. The lowest BCUT2D eigenvalue weighted by Gasteiger charge is -2.03. The van der Waals surface area contributed by atoms with Crippen LogP contribution in [-0.4, -0.2) is 4.37 Å². The van der Waals surface area contributed by atoms with Crippen LogP contribution in [0.3, 0.4) is 0 Å². The zero-order valence-corrected chi connectivity index (χ0v) is 12.2.